The van der Waals surface area contributed by atoms with E-state index in [1.807, 2.05) is 0 Å². The van der Waals surface area contributed by atoms with E-state index in [9.17, 15) is 8.78 Å². The molecule has 2 aromatic carbocycles. The SMILES string of the molecule is Nc1ccc(Oc2ccc(F)cc2F)c2ncc(Br)cc12. The summed E-state index contributed by atoms with van der Waals surface area (Å²) >= 11 is 3.32. The van der Waals surface area contributed by atoms with Crippen molar-refractivity contribution in [1.29, 1.82) is 0 Å². The topological polar surface area (TPSA) is 48.1 Å². The number of fused-ring (bicyclic) bond motifs is 1. The molecule has 2 N–H and O–H groups in total. The minimum Gasteiger partial charge on any atom is -0.452 e. The van der Waals surface area contributed by atoms with Gasteiger partial charge in [0.15, 0.2) is 17.3 Å². The number of rotatable bonds is 2. The number of hydrogen-bond donors (Lipinski definition) is 1. The molecule has 0 saturated carbocycles. The second-order valence-electron chi connectivity index (χ2n) is 4.38. The third-order valence-electron chi connectivity index (χ3n) is 2.93. The van der Waals surface area contributed by atoms with Crippen molar-refractivity contribution in [3.05, 3.63) is 58.7 Å². The zero-order chi connectivity index (χ0) is 15.0. The quantitative estimate of drug-likeness (QED) is 0.684. The number of ether oxygens (including phenoxy) is 1. The number of nitrogens with zero attached hydrogens (tertiary/aromatic N) is 1. The smallest absolute Gasteiger partial charge is 0.168 e. The summed E-state index contributed by atoms with van der Waals surface area (Å²) in [5.41, 5.74) is 6.93. The molecule has 0 saturated heterocycles. The van der Waals surface area contributed by atoms with Crippen LogP contribution in [0.25, 0.3) is 10.9 Å². The second-order valence-corrected chi connectivity index (χ2v) is 5.30. The predicted octanol–water partition coefficient (Wildman–Crippen LogP) is 4.65. The van der Waals surface area contributed by atoms with Crippen LogP contribution in [-0.2, 0) is 0 Å². The molecule has 0 radical (unpaired) electrons. The maximum Gasteiger partial charge on any atom is 0.168 e. The summed E-state index contributed by atoms with van der Waals surface area (Å²) in [4.78, 5) is 4.24. The molecule has 0 aliphatic carbocycles. The molecule has 3 rings (SSSR count). The lowest BCUT2D eigenvalue weighted by molar-refractivity contribution is 0.441. The lowest BCUT2D eigenvalue weighted by Gasteiger charge is -2.10. The summed E-state index contributed by atoms with van der Waals surface area (Å²) in [6, 6.07) is 8.16. The third kappa shape index (κ3) is 2.67. The summed E-state index contributed by atoms with van der Waals surface area (Å²) in [6.45, 7) is 0. The van der Waals surface area contributed by atoms with Crippen molar-refractivity contribution in [2.45, 2.75) is 0 Å². The Bertz CT molecular complexity index is 839. The molecular formula is C15H9BrF2N2O. The van der Waals surface area contributed by atoms with Gasteiger partial charge in [-0.3, -0.25) is 4.98 Å². The van der Waals surface area contributed by atoms with Crippen molar-refractivity contribution in [2.24, 2.45) is 0 Å². The Morgan fingerprint density at radius 2 is 1.81 bits per heavy atom. The van der Waals surface area contributed by atoms with Crippen molar-refractivity contribution in [3.63, 3.8) is 0 Å². The Balaban J connectivity index is 2.11. The second kappa shape index (κ2) is 5.29. The molecule has 0 spiro atoms. The zero-order valence-electron chi connectivity index (χ0n) is 10.6. The van der Waals surface area contributed by atoms with E-state index in [2.05, 4.69) is 20.9 Å². The molecule has 106 valence electrons. The molecule has 0 aliphatic rings. The molecule has 6 heteroatoms. The van der Waals surface area contributed by atoms with Crippen molar-refractivity contribution in [2.75, 3.05) is 5.73 Å². The predicted molar refractivity (Wildman–Crippen MR) is 80.3 cm³/mol. The molecule has 3 aromatic rings. The number of hydrogen-bond acceptors (Lipinski definition) is 3. The van der Waals surface area contributed by atoms with Gasteiger partial charge >= 0.3 is 0 Å². The first-order chi connectivity index (χ1) is 10.0. The number of nitrogen functional groups attached to an aromatic ring is 1. The highest BCUT2D eigenvalue weighted by atomic mass is 79.9. The number of nitrogens with two attached hydrogens (primary N) is 1. The molecule has 0 amide bonds. The highest BCUT2D eigenvalue weighted by molar-refractivity contribution is 9.10. The van der Waals surface area contributed by atoms with Gasteiger partial charge < -0.3 is 10.5 Å². The lowest BCUT2D eigenvalue weighted by Crippen LogP contribution is -1.94. The van der Waals surface area contributed by atoms with E-state index in [4.69, 9.17) is 10.5 Å². The van der Waals surface area contributed by atoms with E-state index in [1.54, 1.807) is 24.4 Å². The van der Waals surface area contributed by atoms with Gasteiger partial charge in [-0.25, -0.2) is 8.78 Å². The van der Waals surface area contributed by atoms with Crippen LogP contribution in [0.4, 0.5) is 14.5 Å². The molecule has 0 atom stereocenters. The molecular weight excluding hydrogens is 342 g/mol. The van der Waals surface area contributed by atoms with Crippen LogP contribution >= 0.6 is 15.9 Å². The average Bonchev–Trinajstić information content (AvgIpc) is 2.45. The van der Waals surface area contributed by atoms with Gasteiger partial charge in [0.2, 0.25) is 0 Å². The number of pyridine rings is 1. The fourth-order valence-electron chi connectivity index (χ4n) is 1.95. The van der Waals surface area contributed by atoms with Gasteiger partial charge in [0.05, 0.1) is 0 Å². The van der Waals surface area contributed by atoms with E-state index in [-0.39, 0.29) is 5.75 Å². The molecule has 0 unspecified atom stereocenters. The first-order valence-electron chi connectivity index (χ1n) is 6.01. The third-order valence-corrected chi connectivity index (χ3v) is 3.36. The maximum absolute atomic E-state index is 13.7. The standard InChI is InChI=1S/C15H9BrF2N2O/c16-8-5-10-12(19)2-4-14(15(10)20-7-8)21-13-3-1-9(17)6-11(13)18/h1-7H,19H2. The number of aromatic nitrogens is 1. The van der Waals surface area contributed by atoms with Crippen LogP contribution in [-0.4, -0.2) is 4.98 Å². The van der Waals surface area contributed by atoms with E-state index < -0.39 is 11.6 Å². The van der Waals surface area contributed by atoms with Gasteiger partial charge in [-0.15, -0.1) is 0 Å². The Hall–Kier alpha value is -2.21. The Kier molecular flexibility index (Phi) is 3.47. The first kappa shape index (κ1) is 13.8. The van der Waals surface area contributed by atoms with Crippen molar-refractivity contribution < 1.29 is 13.5 Å². The van der Waals surface area contributed by atoms with Gasteiger partial charge in [-0.2, -0.15) is 0 Å². The maximum atomic E-state index is 13.7. The molecule has 0 fully saturated rings. The van der Waals surface area contributed by atoms with Crippen LogP contribution in [0.3, 0.4) is 0 Å². The number of anilines is 1. The molecule has 1 heterocycles. The summed E-state index contributed by atoms with van der Waals surface area (Å²) in [5, 5.41) is 0.685. The Labute approximate surface area is 127 Å². The van der Waals surface area contributed by atoms with Gasteiger partial charge in [-0.1, -0.05) is 0 Å². The van der Waals surface area contributed by atoms with Crippen LogP contribution < -0.4 is 10.5 Å². The van der Waals surface area contributed by atoms with Gasteiger partial charge in [-0.05, 0) is 46.3 Å². The van der Waals surface area contributed by atoms with Crippen LogP contribution in [0.1, 0.15) is 0 Å². The highest BCUT2D eigenvalue weighted by Gasteiger charge is 2.11. The van der Waals surface area contributed by atoms with E-state index in [0.29, 0.717) is 22.3 Å². The Morgan fingerprint density at radius 1 is 1.05 bits per heavy atom. The zero-order valence-corrected chi connectivity index (χ0v) is 12.2. The summed E-state index contributed by atoms with van der Waals surface area (Å²) in [5.74, 6) is -1.18. The molecule has 3 nitrogen and oxygen atoms in total. The summed E-state index contributed by atoms with van der Waals surface area (Å²) < 4.78 is 32.8. The largest absolute Gasteiger partial charge is 0.452 e. The fraction of sp³-hybridized carbons (Fsp3) is 0. The minimum atomic E-state index is -0.780. The van der Waals surface area contributed by atoms with Crippen molar-refractivity contribution in [1.82, 2.24) is 4.98 Å². The van der Waals surface area contributed by atoms with Crippen LogP contribution in [0.5, 0.6) is 11.5 Å². The Morgan fingerprint density at radius 3 is 2.57 bits per heavy atom. The van der Waals surface area contributed by atoms with E-state index in [0.717, 1.165) is 16.6 Å². The van der Waals surface area contributed by atoms with Gasteiger partial charge in [0.1, 0.15) is 11.3 Å². The van der Waals surface area contributed by atoms with E-state index >= 15 is 0 Å². The van der Waals surface area contributed by atoms with Crippen LogP contribution in [0.2, 0.25) is 0 Å². The van der Waals surface area contributed by atoms with Crippen molar-refractivity contribution >= 4 is 32.5 Å². The number of benzene rings is 2. The van der Waals surface area contributed by atoms with Crippen molar-refractivity contribution in [3.8, 4) is 11.5 Å². The monoisotopic (exact) mass is 350 g/mol. The molecule has 1 aromatic heterocycles. The molecule has 0 bridgehead atoms. The minimum absolute atomic E-state index is 0.0767. The fourth-order valence-corrected chi connectivity index (χ4v) is 2.28. The lowest BCUT2D eigenvalue weighted by atomic mass is 10.1. The molecule has 0 aliphatic heterocycles. The summed E-state index contributed by atoms with van der Waals surface area (Å²) in [7, 11) is 0. The normalized spacial score (nSPS) is 10.8. The highest BCUT2D eigenvalue weighted by Crippen LogP contribution is 2.34. The molecule has 21 heavy (non-hydrogen) atoms. The van der Waals surface area contributed by atoms with E-state index in [1.165, 1.54) is 6.07 Å². The number of halogens is 3. The van der Waals surface area contributed by atoms with Gasteiger partial charge in [0.25, 0.3) is 0 Å². The van der Waals surface area contributed by atoms with Gasteiger partial charge in [0, 0.05) is 27.8 Å². The average molecular weight is 351 g/mol. The summed E-state index contributed by atoms with van der Waals surface area (Å²) in [6.07, 6.45) is 1.59. The first-order valence-corrected chi connectivity index (χ1v) is 6.80. The van der Waals surface area contributed by atoms with Crippen LogP contribution in [0, 0.1) is 11.6 Å². The van der Waals surface area contributed by atoms with Crippen LogP contribution in [0.15, 0.2) is 47.1 Å².